The Morgan fingerprint density at radius 3 is 2.49 bits per heavy atom. The predicted molar refractivity (Wildman–Crippen MR) is 160 cm³/mol. The normalized spacial score (nSPS) is 18.3. The second-order valence-electron chi connectivity index (χ2n) is 9.92. The number of allylic oxidation sites excluding steroid dienone is 7. The molecule has 1 aromatic heterocycles. The lowest BCUT2D eigenvalue weighted by Gasteiger charge is -2.28. The van der Waals surface area contributed by atoms with Gasteiger partial charge in [-0.3, -0.25) is 19.6 Å². The summed E-state index contributed by atoms with van der Waals surface area (Å²) in [5.74, 6) is -8.87. The van der Waals surface area contributed by atoms with Gasteiger partial charge in [0.25, 0.3) is 0 Å². The van der Waals surface area contributed by atoms with Gasteiger partial charge in [0, 0.05) is 42.3 Å². The van der Waals surface area contributed by atoms with Gasteiger partial charge in [0.1, 0.15) is 19.5 Å². The van der Waals surface area contributed by atoms with E-state index in [4.69, 9.17) is 0 Å². The summed E-state index contributed by atoms with van der Waals surface area (Å²) in [6.07, 6.45) is 15.8. The number of nitrogens with zero attached hydrogens (tertiary/aromatic N) is 5. The van der Waals surface area contributed by atoms with E-state index in [1.165, 1.54) is 55.2 Å². The molecule has 1 aliphatic carbocycles. The van der Waals surface area contributed by atoms with E-state index in [0.29, 0.717) is 12.0 Å². The molecule has 3 rings (SSSR count). The molecule has 1 atom stereocenters. The zero-order valence-electron chi connectivity index (χ0n) is 24.5. The molecular weight excluding hydrogens is 619 g/mol. The molecule has 2 aliphatic rings. The molecule has 15 heteroatoms. The van der Waals surface area contributed by atoms with Crippen LogP contribution in [-0.2, 0) is 27.5 Å². The lowest BCUT2D eigenvalue weighted by atomic mass is 9.87. The molecule has 1 N–H and O–H groups in total. The van der Waals surface area contributed by atoms with Crippen LogP contribution >= 0.6 is 0 Å². The fourth-order valence-corrected chi connectivity index (χ4v) is 5.83. The molecule has 2 heterocycles. The molecule has 45 heavy (non-hydrogen) atoms. The Labute approximate surface area is 261 Å². The fourth-order valence-electron chi connectivity index (χ4n) is 4.62. The van der Waals surface area contributed by atoms with Crippen molar-refractivity contribution in [1.29, 1.82) is 0 Å². The number of aldehydes is 1. The quantitative estimate of drug-likeness (QED) is 0.0952. The number of hydrogen-bond acceptors (Lipinski definition) is 8. The minimum atomic E-state index is -2.99. The first-order valence-corrected chi connectivity index (χ1v) is 15.2. The average molecular weight is 653 g/mol. The summed E-state index contributed by atoms with van der Waals surface area (Å²) in [6, 6.07) is 0. The van der Waals surface area contributed by atoms with Crippen LogP contribution in [0.2, 0.25) is 0 Å². The smallest absolute Gasteiger partial charge is 0.246 e. The summed E-state index contributed by atoms with van der Waals surface area (Å²) < 4.78 is 83.5. The van der Waals surface area contributed by atoms with E-state index in [0.717, 1.165) is 35.7 Å². The number of carbonyl (C=O) groups is 2. The third-order valence-corrected chi connectivity index (χ3v) is 8.54. The highest BCUT2D eigenvalue weighted by atomic mass is 32.2. The van der Waals surface area contributed by atoms with E-state index in [2.05, 4.69) is 26.9 Å². The van der Waals surface area contributed by atoms with Crippen molar-refractivity contribution in [2.24, 2.45) is 4.99 Å². The Balaban J connectivity index is 1.99. The molecule has 242 valence electrons. The Morgan fingerprint density at radius 1 is 1.16 bits per heavy atom. The van der Waals surface area contributed by atoms with Crippen molar-refractivity contribution in [2.75, 3.05) is 19.8 Å². The SMILES string of the molecule is C=C(F)/C(F)=C(F)\C(=C(\F)CF)[S+]([O-])N(CC)CC(=O)N(Cc1cnc(C2CCCCC2)cn1)C1=C/C(=C/C=O)NC=NC=C1. The molecule has 0 spiro atoms. The summed E-state index contributed by atoms with van der Waals surface area (Å²) >= 11 is -2.99. The van der Waals surface area contributed by atoms with Crippen molar-refractivity contribution >= 4 is 29.9 Å². The standard InChI is InChI=1S/C30H33F5N6O3S/c1-3-40(45(44)30(25(33)14-31)29(35)28(34)20(2)32)18-27(43)41(24-9-11-36-19-39-22(13-24)10-12-42)17-23-15-38-26(16-37-23)21-7-5-4-6-8-21/h9-13,15-16,19,21H,2-8,14,17-18H2,1H3,(H,36,39)/b11-9?,22-10-,24-13?,29-28-,30-25-. The van der Waals surface area contributed by atoms with Crippen molar-refractivity contribution in [2.45, 2.75) is 51.5 Å². The minimum Gasteiger partial charge on any atom is -0.593 e. The molecule has 9 nitrogen and oxygen atoms in total. The topological polar surface area (TPSA) is 114 Å². The van der Waals surface area contributed by atoms with E-state index < -0.39 is 58.7 Å². The predicted octanol–water partition coefficient (Wildman–Crippen LogP) is 5.73. The number of carbonyl (C=O) groups excluding carboxylic acids is 2. The second-order valence-corrected chi connectivity index (χ2v) is 11.3. The minimum absolute atomic E-state index is 0.179. The molecule has 0 radical (unpaired) electrons. The number of rotatable bonds is 13. The van der Waals surface area contributed by atoms with E-state index in [1.54, 1.807) is 6.20 Å². The lowest BCUT2D eigenvalue weighted by molar-refractivity contribution is -0.129. The van der Waals surface area contributed by atoms with Crippen molar-refractivity contribution in [3.8, 4) is 0 Å². The summed E-state index contributed by atoms with van der Waals surface area (Å²) in [7, 11) is 0. The largest absolute Gasteiger partial charge is 0.593 e. The molecule has 1 unspecified atom stereocenters. The number of likely N-dealkylation sites (N-methyl/N-ethyl adjacent to an activating group) is 1. The number of halogens is 5. The van der Waals surface area contributed by atoms with Crippen molar-refractivity contribution in [3.63, 3.8) is 0 Å². The summed E-state index contributed by atoms with van der Waals surface area (Å²) in [4.78, 5) is 37.6. The number of nitrogens with one attached hydrogen (secondary N) is 1. The summed E-state index contributed by atoms with van der Waals surface area (Å²) in [5.41, 5.74) is 1.64. The van der Waals surface area contributed by atoms with E-state index in [1.807, 2.05) is 0 Å². The average Bonchev–Trinajstić information content (AvgIpc) is 3.03. The van der Waals surface area contributed by atoms with Crippen LogP contribution in [-0.4, -0.2) is 62.0 Å². The van der Waals surface area contributed by atoms with Gasteiger partial charge in [0.2, 0.25) is 16.6 Å². The molecule has 1 aliphatic heterocycles. The highest BCUT2D eigenvalue weighted by molar-refractivity contribution is 7.93. The first-order chi connectivity index (χ1) is 21.6. The lowest BCUT2D eigenvalue weighted by Crippen LogP contribution is -2.43. The van der Waals surface area contributed by atoms with Gasteiger partial charge in [0.15, 0.2) is 17.5 Å². The van der Waals surface area contributed by atoms with Gasteiger partial charge >= 0.3 is 0 Å². The number of alkyl halides is 1. The van der Waals surface area contributed by atoms with E-state index in [9.17, 15) is 36.1 Å². The van der Waals surface area contributed by atoms with Crippen LogP contribution in [0, 0.1) is 0 Å². The molecule has 1 aromatic rings. The first kappa shape index (κ1) is 35.5. The molecule has 0 saturated heterocycles. The van der Waals surface area contributed by atoms with Gasteiger partial charge in [-0.15, -0.1) is 4.31 Å². The van der Waals surface area contributed by atoms with Gasteiger partial charge < -0.3 is 14.8 Å². The Kier molecular flexibility index (Phi) is 13.8. The Bertz CT molecular complexity index is 1420. The van der Waals surface area contributed by atoms with Crippen LogP contribution in [0.15, 0.2) is 88.0 Å². The summed E-state index contributed by atoms with van der Waals surface area (Å²) in [5, 5.41) is 2.77. The molecule has 0 aromatic carbocycles. The third kappa shape index (κ3) is 9.77. The number of aliphatic imine (C=N–C) groups is 1. The van der Waals surface area contributed by atoms with Crippen molar-refractivity contribution < 1.29 is 36.1 Å². The number of aromatic nitrogens is 2. The van der Waals surface area contributed by atoms with E-state index in [-0.39, 0.29) is 30.4 Å². The van der Waals surface area contributed by atoms with Crippen LogP contribution in [0.4, 0.5) is 22.0 Å². The van der Waals surface area contributed by atoms with Crippen LogP contribution in [0.1, 0.15) is 56.3 Å². The van der Waals surface area contributed by atoms with Gasteiger partial charge in [-0.2, -0.15) is 4.39 Å². The third-order valence-electron chi connectivity index (χ3n) is 6.94. The van der Waals surface area contributed by atoms with Gasteiger partial charge in [-0.25, -0.2) is 22.6 Å². The highest BCUT2D eigenvalue weighted by Gasteiger charge is 2.36. The van der Waals surface area contributed by atoms with Gasteiger partial charge in [-0.1, -0.05) is 25.8 Å². The monoisotopic (exact) mass is 652 g/mol. The van der Waals surface area contributed by atoms with E-state index >= 15 is 0 Å². The second kappa shape index (κ2) is 17.5. The molecule has 1 fully saturated rings. The summed E-state index contributed by atoms with van der Waals surface area (Å²) in [6.45, 7) is 0.761. The number of amides is 1. The maximum Gasteiger partial charge on any atom is 0.246 e. The maximum absolute atomic E-state index is 14.7. The van der Waals surface area contributed by atoms with Crippen LogP contribution in [0.3, 0.4) is 0 Å². The van der Waals surface area contributed by atoms with Crippen molar-refractivity contribution in [3.05, 3.63) is 94.4 Å². The molecule has 1 amide bonds. The van der Waals surface area contributed by atoms with Gasteiger partial charge in [0.05, 0.1) is 41.8 Å². The molecule has 0 bridgehead atoms. The molecule has 1 saturated carbocycles. The maximum atomic E-state index is 14.7. The van der Waals surface area contributed by atoms with Crippen LogP contribution in [0.25, 0.3) is 0 Å². The Morgan fingerprint density at radius 2 is 1.89 bits per heavy atom. The van der Waals surface area contributed by atoms with Crippen molar-refractivity contribution in [1.82, 2.24) is 24.5 Å². The Hall–Kier alpha value is -3.95. The first-order valence-electron chi connectivity index (χ1n) is 14.1. The van der Waals surface area contributed by atoms with Crippen LogP contribution in [0.5, 0.6) is 0 Å². The zero-order valence-corrected chi connectivity index (χ0v) is 25.3. The fraction of sp³-hybridized carbons (Fsp3) is 0.367. The highest BCUT2D eigenvalue weighted by Crippen LogP contribution is 2.33. The molecular formula is C30H33F5N6O3S. The number of hydrogen-bond donors (Lipinski definition) is 1. The van der Waals surface area contributed by atoms with Crippen LogP contribution < -0.4 is 5.32 Å². The van der Waals surface area contributed by atoms with Gasteiger partial charge in [-0.05, 0) is 31.9 Å². The zero-order chi connectivity index (χ0) is 32.9.